The van der Waals surface area contributed by atoms with Crippen LogP contribution in [0.25, 0.3) is 6.08 Å². The second kappa shape index (κ2) is 5.62. The number of nitrogens with zero attached hydrogens (tertiary/aromatic N) is 2. The van der Waals surface area contributed by atoms with E-state index in [9.17, 15) is 4.79 Å². The number of hydrogen-bond acceptors (Lipinski definition) is 4. The number of methoxy groups -OCH3 is 1. The number of rotatable bonds is 4. The third-order valence-electron chi connectivity index (χ3n) is 3.10. The number of nitriles is 1. The Kier molecular flexibility index (Phi) is 3.90. The van der Waals surface area contributed by atoms with E-state index in [2.05, 4.69) is 0 Å². The molecule has 1 aromatic carbocycles. The minimum Gasteiger partial charge on any atom is -0.497 e. The van der Waals surface area contributed by atoms with Crippen molar-refractivity contribution >= 4 is 11.9 Å². The van der Waals surface area contributed by atoms with Crippen LogP contribution in [0.2, 0.25) is 0 Å². The monoisotopic (exact) mass is 268 g/mol. The number of allylic oxidation sites excluding steroid dienone is 2. The smallest absolute Gasteiger partial charge is 0.201 e. The molecule has 0 unspecified atom stereocenters. The molecule has 4 heteroatoms. The topological polar surface area (TPSA) is 53.3 Å². The lowest BCUT2D eigenvalue weighted by molar-refractivity contribution is -0.111. The molecule has 1 aliphatic rings. The van der Waals surface area contributed by atoms with Crippen LogP contribution in [0.1, 0.15) is 11.1 Å². The van der Waals surface area contributed by atoms with E-state index in [0.717, 1.165) is 16.9 Å². The number of Topliss-reactive ketones (excluding diaryl/α,β-unsaturated/α-hetero) is 1. The molecule has 102 valence electrons. The SMILES string of the molecule is COc1ccc2c(c1)CC(C(=O)C(C#N)=CN(C)C)=C2. The predicted molar refractivity (Wildman–Crippen MR) is 77.1 cm³/mol. The fraction of sp³-hybridized carbons (Fsp3) is 0.250. The van der Waals surface area contributed by atoms with Gasteiger partial charge in [-0.3, -0.25) is 4.79 Å². The summed E-state index contributed by atoms with van der Waals surface area (Å²) in [7, 11) is 5.18. The van der Waals surface area contributed by atoms with Crippen LogP contribution in [0, 0.1) is 11.3 Å². The molecule has 4 nitrogen and oxygen atoms in total. The number of carbonyl (C=O) groups is 1. The maximum Gasteiger partial charge on any atom is 0.201 e. The van der Waals surface area contributed by atoms with E-state index in [1.165, 1.54) is 0 Å². The average Bonchev–Trinajstić information content (AvgIpc) is 2.86. The van der Waals surface area contributed by atoms with E-state index < -0.39 is 0 Å². The molecule has 1 aliphatic carbocycles. The molecule has 0 amide bonds. The number of ether oxygens (including phenoxy) is 1. The zero-order valence-corrected chi connectivity index (χ0v) is 11.8. The van der Waals surface area contributed by atoms with Gasteiger partial charge in [-0.1, -0.05) is 6.07 Å². The molecule has 0 aromatic heterocycles. The highest BCUT2D eigenvalue weighted by molar-refractivity contribution is 6.14. The highest BCUT2D eigenvalue weighted by Gasteiger charge is 2.22. The molecule has 0 saturated carbocycles. The summed E-state index contributed by atoms with van der Waals surface area (Å²) in [5.74, 6) is 0.562. The fourth-order valence-corrected chi connectivity index (χ4v) is 2.16. The molecule has 0 heterocycles. The summed E-state index contributed by atoms with van der Waals surface area (Å²) in [6.07, 6.45) is 3.93. The predicted octanol–water partition coefficient (Wildman–Crippen LogP) is 2.17. The lowest BCUT2D eigenvalue weighted by atomic mass is 10.0. The van der Waals surface area contributed by atoms with Crippen LogP contribution in [-0.2, 0) is 11.2 Å². The summed E-state index contributed by atoms with van der Waals surface area (Å²) in [5, 5.41) is 9.09. The van der Waals surface area contributed by atoms with Gasteiger partial charge in [-0.2, -0.15) is 5.26 Å². The molecular weight excluding hydrogens is 252 g/mol. The van der Waals surface area contributed by atoms with E-state index in [4.69, 9.17) is 10.00 Å². The summed E-state index contributed by atoms with van der Waals surface area (Å²) in [5.41, 5.74) is 2.86. The molecular formula is C16H16N2O2. The van der Waals surface area contributed by atoms with Crippen LogP contribution in [0.3, 0.4) is 0 Å². The molecule has 0 N–H and O–H groups in total. The van der Waals surface area contributed by atoms with Crippen molar-refractivity contribution in [3.8, 4) is 11.8 Å². The molecule has 0 bridgehead atoms. The van der Waals surface area contributed by atoms with Crippen LogP contribution in [0.5, 0.6) is 5.75 Å². The molecule has 0 radical (unpaired) electrons. The third-order valence-corrected chi connectivity index (χ3v) is 3.10. The van der Waals surface area contributed by atoms with Crippen LogP contribution in [0.4, 0.5) is 0 Å². The van der Waals surface area contributed by atoms with Gasteiger partial charge in [0.05, 0.1) is 7.11 Å². The van der Waals surface area contributed by atoms with Crippen molar-refractivity contribution in [1.29, 1.82) is 5.26 Å². The summed E-state index contributed by atoms with van der Waals surface area (Å²) < 4.78 is 5.18. The van der Waals surface area contributed by atoms with Crippen LogP contribution in [0.15, 0.2) is 35.5 Å². The molecule has 2 rings (SSSR count). The van der Waals surface area contributed by atoms with Crippen molar-refractivity contribution in [1.82, 2.24) is 4.90 Å². The minimum atomic E-state index is -0.212. The molecule has 0 atom stereocenters. The van der Waals surface area contributed by atoms with Gasteiger partial charge in [0, 0.05) is 32.3 Å². The third kappa shape index (κ3) is 2.72. The zero-order chi connectivity index (χ0) is 14.7. The molecule has 0 aliphatic heterocycles. The van der Waals surface area contributed by atoms with Crippen LogP contribution < -0.4 is 4.74 Å². The lowest BCUT2D eigenvalue weighted by Gasteiger charge is -2.06. The van der Waals surface area contributed by atoms with E-state index in [1.54, 1.807) is 32.3 Å². The van der Waals surface area contributed by atoms with Gasteiger partial charge in [-0.05, 0) is 29.3 Å². The Morgan fingerprint density at radius 3 is 2.80 bits per heavy atom. The van der Waals surface area contributed by atoms with Crippen LogP contribution >= 0.6 is 0 Å². The van der Waals surface area contributed by atoms with Crippen LogP contribution in [-0.4, -0.2) is 31.9 Å². The number of ketones is 1. The fourth-order valence-electron chi connectivity index (χ4n) is 2.16. The first kappa shape index (κ1) is 13.9. The van der Waals surface area contributed by atoms with E-state index >= 15 is 0 Å². The maximum atomic E-state index is 12.3. The molecule has 20 heavy (non-hydrogen) atoms. The maximum absolute atomic E-state index is 12.3. The number of fused-ring (bicyclic) bond motifs is 1. The highest BCUT2D eigenvalue weighted by atomic mass is 16.5. The highest BCUT2D eigenvalue weighted by Crippen LogP contribution is 2.29. The van der Waals surface area contributed by atoms with Crippen molar-refractivity contribution in [2.45, 2.75) is 6.42 Å². The van der Waals surface area contributed by atoms with Crippen molar-refractivity contribution in [2.75, 3.05) is 21.2 Å². The Bertz CT molecular complexity index is 649. The van der Waals surface area contributed by atoms with Gasteiger partial charge in [0.1, 0.15) is 17.4 Å². The molecule has 1 aromatic rings. The molecule has 0 fully saturated rings. The summed E-state index contributed by atoms with van der Waals surface area (Å²) in [6, 6.07) is 7.68. The minimum absolute atomic E-state index is 0.154. The van der Waals surface area contributed by atoms with Gasteiger partial charge >= 0.3 is 0 Å². The Morgan fingerprint density at radius 2 is 2.20 bits per heavy atom. The Labute approximate surface area is 118 Å². The Balaban J connectivity index is 2.26. The van der Waals surface area contributed by atoms with Gasteiger partial charge in [-0.25, -0.2) is 0 Å². The summed E-state index contributed by atoms with van der Waals surface area (Å²) >= 11 is 0. The Morgan fingerprint density at radius 1 is 1.45 bits per heavy atom. The van der Waals surface area contributed by atoms with Crippen molar-refractivity contribution < 1.29 is 9.53 Å². The number of benzene rings is 1. The average molecular weight is 268 g/mol. The second-order valence-electron chi connectivity index (χ2n) is 4.86. The van der Waals surface area contributed by atoms with Crippen molar-refractivity contribution in [3.63, 3.8) is 0 Å². The second-order valence-corrected chi connectivity index (χ2v) is 4.86. The van der Waals surface area contributed by atoms with Crippen molar-refractivity contribution in [3.05, 3.63) is 46.7 Å². The number of hydrogen-bond donors (Lipinski definition) is 0. The molecule has 0 saturated heterocycles. The first-order valence-corrected chi connectivity index (χ1v) is 6.25. The first-order chi connectivity index (χ1) is 9.55. The quantitative estimate of drug-likeness (QED) is 0.620. The number of carbonyl (C=O) groups excluding carboxylic acids is 1. The summed E-state index contributed by atoms with van der Waals surface area (Å²) in [6.45, 7) is 0. The van der Waals surface area contributed by atoms with Gasteiger partial charge in [0.25, 0.3) is 0 Å². The van der Waals surface area contributed by atoms with E-state index in [1.807, 2.05) is 30.3 Å². The van der Waals surface area contributed by atoms with Gasteiger partial charge in [-0.15, -0.1) is 0 Å². The van der Waals surface area contributed by atoms with Gasteiger partial charge in [0.2, 0.25) is 5.78 Å². The van der Waals surface area contributed by atoms with Crippen molar-refractivity contribution in [2.24, 2.45) is 0 Å². The molecule has 0 spiro atoms. The van der Waals surface area contributed by atoms with E-state index in [-0.39, 0.29) is 11.4 Å². The largest absolute Gasteiger partial charge is 0.497 e. The summed E-state index contributed by atoms with van der Waals surface area (Å²) in [4.78, 5) is 14.0. The first-order valence-electron chi connectivity index (χ1n) is 6.25. The van der Waals surface area contributed by atoms with Gasteiger partial charge in [0.15, 0.2) is 0 Å². The lowest BCUT2D eigenvalue weighted by Crippen LogP contribution is -2.10. The standard InChI is InChI=1S/C16H16N2O2/c1-18(2)10-14(9-17)16(19)13-6-11-4-5-15(20-3)8-12(11)7-13/h4-6,8,10H,7H2,1-3H3. The normalized spacial score (nSPS) is 13.3. The van der Waals surface area contributed by atoms with E-state index in [0.29, 0.717) is 12.0 Å². The zero-order valence-electron chi connectivity index (χ0n) is 11.8. The van der Waals surface area contributed by atoms with Gasteiger partial charge < -0.3 is 9.64 Å². The Hall–Kier alpha value is -2.54.